The summed E-state index contributed by atoms with van der Waals surface area (Å²) in [5, 5.41) is 6.62. The number of benzene rings is 1. The molecule has 1 saturated heterocycles. The second kappa shape index (κ2) is 12.3. The number of likely N-dealkylation sites (tertiary alicyclic amines) is 1. The lowest BCUT2D eigenvalue weighted by Gasteiger charge is -2.26. The van der Waals surface area contributed by atoms with Gasteiger partial charge in [-0.25, -0.2) is 0 Å². The third kappa shape index (κ3) is 7.59. The van der Waals surface area contributed by atoms with E-state index in [0.29, 0.717) is 6.54 Å². The SMILES string of the molecule is CCOCCCCNC(=NC)NCc1ccc(C(=O)N2CCCCC2)cc1. The van der Waals surface area contributed by atoms with E-state index in [4.69, 9.17) is 4.74 Å². The van der Waals surface area contributed by atoms with E-state index in [1.807, 2.05) is 36.1 Å². The molecule has 2 rings (SSSR count). The van der Waals surface area contributed by atoms with Crippen LogP contribution >= 0.6 is 0 Å². The topological polar surface area (TPSA) is 66.0 Å². The molecule has 0 atom stereocenters. The monoisotopic (exact) mass is 374 g/mol. The molecule has 1 aliphatic heterocycles. The van der Waals surface area contributed by atoms with Crippen LogP contribution in [0.3, 0.4) is 0 Å². The van der Waals surface area contributed by atoms with Gasteiger partial charge in [0.15, 0.2) is 5.96 Å². The van der Waals surface area contributed by atoms with Crippen LogP contribution in [-0.2, 0) is 11.3 Å². The molecule has 150 valence electrons. The van der Waals surface area contributed by atoms with Crippen molar-refractivity contribution >= 4 is 11.9 Å². The number of unbranched alkanes of at least 4 members (excludes halogenated alkanes) is 1. The lowest BCUT2D eigenvalue weighted by Crippen LogP contribution is -2.37. The molecule has 1 heterocycles. The van der Waals surface area contributed by atoms with Crippen molar-refractivity contribution in [3.8, 4) is 0 Å². The van der Waals surface area contributed by atoms with E-state index in [1.54, 1.807) is 7.05 Å². The van der Waals surface area contributed by atoms with Gasteiger partial charge in [0.1, 0.15) is 0 Å². The summed E-state index contributed by atoms with van der Waals surface area (Å²) in [6.45, 7) is 6.92. The average molecular weight is 375 g/mol. The summed E-state index contributed by atoms with van der Waals surface area (Å²) in [5.41, 5.74) is 1.90. The normalized spacial score (nSPS) is 14.9. The fraction of sp³-hybridized carbons (Fsp3) is 0.619. The van der Waals surface area contributed by atoms with Crippen LogP contribution in [-0.4, -0.2) is 56.7 Å². The molecule has 0 aliphatic carbocycles. The van der Waals surface area contributed by atoms with Crippen molar-refractivity contribution in [1.29, 1.82) is 0 Å². The Bertz CT molecular complexity index is 580. The molecule has 0 spiro atoms. The number of nitrogens with zero attached hydrogens (tertiary/aromatic N) is 2. The molecule has 1 aliphatic rings. The van der Waals surface area contributed by atoms with Crippen molar-refractivity contribution in [2.45, 2.75) is 45.6 Å². The zero-order chi connectivity index (χ0) is 19.3. The van der Waals surface area contributed by atoms with Crippen molar-refractivity contribution in [2.75, 3.05) is 39.9 Å². The largest absolute Gasteiger partial charge is 0.382 e. The number of carbonyl (C=O) groups is 1. The van der Waals surface area contributed by atoms with Gasteiger partial charge in [0.2, 0.25) is 0 Å². The molecule has 0 unspecified atom stereocenters. The maximum absolute atomic E-state index is 12.5. The number of ether oxygens (including phenoxy) is 1. The van der Waals surface area contributed by atoms with Gasteiger partial charge in [-0.3, -0.25) is 9.79 Å². The molecule has 1 aromatic rings. The highest BCUT2D eigenvalue weighted by Gasteiger charge is 2.17. The van der Waals surface area contributed by atoms with E-state index < -0.39 is 0 Å². The zero-order valence-electron chi connectivity index (χ0n) is 16.8. The van der Waals surface area contributed by atoms with Crippen molar-refractivity contribution in [1.82, 2.24) is 15.5 Å². The summed E-state index contributed by atoms with van der Waals surface area (Å²) in [5.74, 6) is 0.943. The van der Waals surface area contributed by atoms with E-state index in [1.165, 1.54) is 6.42 Å². The predicted molar refractivity (Wildman–Crippen MR) is 110 cm³/mol. The van der Waals surface area contributed by atoms with Crippen LogP contribution in [0.2, 0.25) is 0 Å². The summed E-state index contributed by atoms with van der Waals surface area (Å²) in [4.78, 5) is 18.7. The van der Waals surface area contributed by atoms with E-state index in [2.05, 4.69) is 15.6 Å². The van der Waals surface area contributed by atoms with Gasteiger partial charge in [-0.05, 0) is 56.7 Å². The Morgan fingerprint density at radius 3 is 2.52 bits per heavy atom. The first-order valence-corrected chi connectivity index (χ1v) is 10.1. The molecule has 1 fully saturated rings. The number of nitrogens with one attached hydrogen (secondary N) is 2. The Kier molecular flexibility index (Phi) is 9.69. The molecule has 6 heteroatoms. The molecule has 6 nitrogen and oxygen atoms in total. The van der Waals surface area contributed by atoms with Gasteiger partial charge < -0.3 is 20.3 Å². The molecule has 0 radical (unpaired) electrons. The van der Waals surface area contributed by atoms with Crippen LogP contribution in [0.15, 0.2) is 29.3 Å². The Balaban J connectivity index is 1.72. The lowest BCUT2D eigenvalue weighted by atomic mass is 10.1. The second-order valence-corrected chi connectivity index (χ2v) is 6.81. The minimum atomic E-state index is 0.152. The number of hydrogen-bond acceptors (Lipinski definition) is 3. The summed E-state index contributed by atoms with van der Waals surface area (Å²) in [6, 6.07) is 7.88. The number of hydrogen-bond donors (Lipinski definition) is 2. The third-order valence-electron chi connectivity index (χ3n) is 4.74. The molecular weight excluding hydrogens is 340 g/mol. The number of rotatable bonds is 9. The second-order valence-electron chi connectivity index (χ2n) is 6.81. The van der Waals surface area contributed by atoms with Crippen molar-refractivity contribution in [3.63, 3.8) is 0 Å². The molecule has 0 aromatic heterocycles. The highest BCUT2D eigenvalue weighted by Crippen LogP contribution is 2.13. The maximum Gasteiger partial charge on any atom is 0.253 e. The highest BCUT2D eigenvalue weighted by atomic mass is 16.5. The van der Waals surface area contributed by atoms with E-state index in [0.717, 1.165) is 75.6 Å². The molecule has 2 N–H and O–H groups in total. The molecule has 0 saturated carbocycles. The zero-order valence-corrected chi connectivity index (χ0v) is 16.8. The van der Waals surface area contributed by atoms with Gasteiger partial charge in [0.25, 0.3) is 5.91 Å². The Labute approximate surface area is 163 Å². The summed E-state index contributed by atoms with van der Waals surface area (Å²) in [6.07, 6.45) is 5.56. The first-order valence-electron chi connectivity index (χ1n) is 10.1. The molecule has 1 aromatic carbocycles. The van der Waals surface area contributed by atoms with Crippen LogP contribution in [0.25, 0.3) is 0 Å². The molecule has 0 bridgehead atoms. The number of carbonyl (C=O) groups excluding carboxylic acids is 1. The van der Waals surface area contributed by atoms with Gasteiger partial charge in [-0.15, -0.1) is 0 Å². The van der Waals surface area contributed by atoms with Crippen LogP contribution in [0.4, 0.5) is 0 Å². The number of guanidine groups is 1. The fourth-order valence-electron chi connectivity index (χ4n) is 3.13. The fourth-order valence-corrected chi connectivity index (χ4v) is 3.13. The average Bonchev–Trinajstić information content (AvgIpc) is 2.73. The van der Waals surface area contributed by atoms with Crippen LogP contribution in [0.1, 0.15) is 54.9 Å². The smallest absolute Gasteiger partial charge is 0.253 e. The first-order chi connectivity index (χ1) is 13.2. The number of amides is 1. The standard InChI is InChI=1S/C21H34N4O2/c1-3-27-16-8-5-13-23-21(22-2)24-17-18-9-11-19(12-10-18)20(26)25-14-6-4-7-15-25/h9-12H,3-8,13-17H2,1-2H3,(H2,22,23,24). The van der Waals surface area contributed by atoms with Crippen LogP contribution in [0, 0.1) is 0 Å². The van der Waals surface area contributed by atoms with Crippen molar-refractivity contribution < 1.29 is 9.53 Å². The van der Waals surface area contributed by atoms with Gasteiger partial charge in [0, 0.05) is 52.0 Å². The lowest BCUT2D eigenvalue weighted by molar-refractivity contribution is 0.0724. The van der Waals surface area contributed by atoms with Gasteiger partial charge in [0.05, 0.1) is 0 Å². The summed E-state index contributed by atoms with van der Waals surface area (Å²) in [7, 11) is 1.77. The Morgan fingerprint density at radius 1 is 1.11 bits per heavy atom. The van der Waals surface area contributed by atoms with E-state index in [-0.39, 0.29) is 5.91 Å². The quantitative estimate of drug-likeness (QED) is 0.396. The minimum Gasteiger partial charge on any atom is -0.382 e. The Hall–Kier alpha value is -2.08. The number of piperidine rings is 1. The number of aliphatic imine (C=N–C) groups is 1. The first kappa shape index (κ1) is 21.2. The van der Waals surface area contributed by atoms with Crippen LogP contribution < -0.4 is 10.6 Å². The van der Waals surface area contributed by atoms with E-state index >= 15 is 0 Å². The molecule has 1 amide bonds. The maximum atomic E-state index is 12.5. The Morgan fingerprint density at radius 2 is 1.85 bits per heavy atom. The van der Waals surface area contributed by atoms with Gasteiger partial charge >= 0.3 is 0 Å². The minimum absolute atomic E-state index is 0.152. The van der Waals surface area contributed by atoms with E-state index in [9.17, 15) is 4.79 Å². The summed E-state index contributed by atoms with van der Waals surface area (Å²) < 4.78 is 5.34. The van der Waals surface area contributed by atoms with Crippen molar-refractivity contribution in [2.24, 2.45) is 4.99 Å². The van der Waals surface area contributed by atoms with Gasteiger partial charge in [-0.2, -0.15) is 0 Å². The highest BCUT2D eigenvalue weighted by molar-refractivity contribution is 5.94. The van der Waals surface area contributed by atoms with Crippen LogP contribution in [0.5, 0.6) is 0 Å². The predicted octanol–water partition coefficient (Wildman–Crippen LogP) is 2.79. The molecular formula is C21H34N4O2. The van der Waals surface area contributed by atoms with Gasteiger partial charge in [-0.1, -0.05) is 12.1 Å². The molecule has 27 heavy (non-hydrogen) atoms. The third-order valence-corrected chi connectivity index (χ3v) is 4.74. The van der Waals surface area contributed by atoms with Crippen molar-refractivity contribution in [3.05, 3.63) is 35.4 Å². The summed E-state index contributed by atoms with van der Waals surface area (Å²) >= 11 is 0.